The van der Waals surface area contributed by atoms with Crippen LogP contribution in [0.5, 0.6) is 0 Å². The average molecular weight is 764 g/mol. The standard InChI is InChI=1S/C59H41N/c1-6-19-42(20-7-1)44-33-37-49(38-34-44)60(50-39-35-45(36-40-50)43-21-8-2-9-22-43)56-41-54-51(46-23-10-3-11-24-46)30-18-31-52(54)58-57(56)53-29-16-17-32-55(53)59(58,47-25-12-4-13-26-47)48-27-14-5-15-28-48/h1-41H. The van der Waals surface area contributed by atoms with Gasteiger partial charge in [0.15, 0.2) is 0 Å². The number of hydrogen-bond acceptors (Lipinski definition) is 1. The van der Waals surface area contributed by atoms with Crippen LogP contribution in [-0.2, 0) is 5.41 Å². The molecule has 0 radical (unpaired) electrons. The largest absolute Gasteiger partial charge is 0.310 e. The Labute approximate surface area is 352 Å². The number of hydrogen-bond donors (Lipinski definition) is 0. The molecule has 1 nitrogen and oxygen atoms in total. The van der Waals surface area contributed by atoms with E-state index in [0.29, 0.717) is 0 Å². The van der Waals surface area contributed by atoms with Crippen molar-refractivity contribution >= 4 is 27.8 Å². The first-order valence-corrected chi connectivity index (χ1v) is 20.8. The van der Waals surface area contributed by atoms with Gasteiger partial charge in [-0.15, -0.1) is 0 Å². The van der Waals surface area contributed by atoms with Crippen LogP contribution < -0.4 is 4.90 Å². The van der Waals surface area contributed by atoms with E-state index >= 15 is 0 Å². The van der Waals surface area contributed by atoms with Gasteiger partial charge in [0.1, 0.15) is 0 Å². The van der Waals surface area contributed by atoms with Crippen molar-refractivity contribution < 1.29 is 0 Å². The molecule has 0 aromatic heterocycles. The first-order chi connectivity index (χ1) is 29.8. The molecule has 0 atom stereocenters. The summed E-state index contributed by atoms with van der Waals surface area (Å²) < 4.78 is 0. The Balaban J connectivity index is 1.27. The van der Waals surface area contributed by atoms with Gasteiger partial charge in [0.2, 0.25) is 0 Å². The van der Waals surface area contributed by atoms with E-state index < -0.39 is 5.41 Å². The quantitative estimate of drug-likeness (QED) is 0.149. The number of anilines is 3. The van der Waals surface area contributed by atoms with Gasteiger partial charge in [-0.25, -0.2) is 0 Å². The Hall–Kier alpha value is -7.74. The van der Waals surface area contributed by atoms with E-state index in [1.165, 1.54) is 77.5 Å². The second-order valence-corrected chi connectivity index (χ2v) is 15.6. The molecular weight excluding hydrogens is 723 g/mol. The Morgan fingerprint density at radius 3 is 1.23 bits per heavy atom. The highest BCUT2D eigenvalue weighted by atomic mass is 15.1. The van der Waals surface area contributed by atoms with Crippen molar-refractivity contribution in [1.82, 2.24) is 0 Å². The van der Waals surface area contributed by atoms with Crippen molar-refractivity contribution in [1.29, 1.82) is 0 Å². The summed E-state index contributed by atoms with van der Waals surface area (Å²) in [6.45, 7) is 0. The zero-order valence-corrected chi connectivity index (χ0v) is 33.1. The Kier molecular flexibility index (Phi) is 8.79. The highest BCUT2D eigenvalue weighted by Crippen LogP contribution is 2.62. The van der Waals surface area contributed by atoms with Crippen molar-refractivity contribution in [2.75, 3.05) is 4.90 Å². The predicted molar refractivity (Wildman–Crippen MR) is 252 cm³/mol. The maximum Gasteiger partial charge on any atom is 0.0720 e. The van der Waals surface area contributed by atoms with E-state index in [1.807, 2.05) is 0 Å². The third-order valence-corrected chi connectivity index (χ3v) is 12.3. The molecule has 10 aromatic carbocycles. The minimum atomic E-state index is -0.599. The molecule has 60 heavy (non-hydrogen) atoms. The third-order valence-electron chi connectivity index (χ3n) is 12.3. The third kappa shape index (κ3) is 5.78. The van der Waals surface area contributed by atoms with Crippen LogP contribution in [0.3, 0.4) is 0 Å². The van der Waals surface area contributed by atoms with Crippen LogP contribution in [0, 0.1) is 0 Å². The summed E-state index contributed by atoms with van der Waals surface area (Å²) in [4.78, 5) is 2.49. The first-order valence-electron chi connectivity index (χ1n) is 20.8. The van der Waals surface area contributed by atoms with Crippen molar-refractivity contribution in [3.05, 3.63) is 271 Å². The molecule has 0 unspecified atom stereocenters. The minimum Gasteiger partial charge on any atom is -0.310 e. The average Bonchev–Trinajstić information content (AvgIpc) is 3.66. The molecular formula is C59H41N. The Morgan fingerprint density at radius 2 is 0.717 bits per heavy atom. The van der Waals surface area contributed by atoms with Gasteiger partial charge in [0, 0.05) is 16.9 Å². The Bertz CT molecular complexity index is 2960. The Morgan fingerprint density at radius 1 is 0.300 bits per heavy atom. The molecule has 0 amide bonds. The van der Waals surface area contributed by atoms with Gasteiger partial charge in [-0.2, -0.15) is 0 Å². The molecule has 0 saturated heterocycles. The topological polar surface area (TPSA) is 3.24 Å². The van der Waals surface area contributed by atoms with E-state index in [-0.39, 0.29) is 0 Å². The maximum atomic E-state index is 2.49. The molecule has 1 heteroatoms. The number of benzene rings is 10. The molecule has 10 aromatic rings. The van der Waals surface area contributed by atoms with Crippen molar-refractivity contribution in [2.24, 2.45) is 0 Å². The highest BCUT2D eigenvalue weighted by Gasteiger charge is 2.48. The fraction of sp³-hybridized carbons (Fsp3) is 0.0169. The summed E-state index contributed by atoms with van der Waals surface area (Å²) in [5, 5.41) is 2.46. The van der Waals surface area contributed by atoms with Crippen molar-refractivity contribution in [3.8, 4) is 44.5 Å². The summed E-state index contributed by atoms with van der Waals surface area (Å²) in [6.07, 6.45) is 0. The maximum absolute atomic E-state index is 2.49. The van der Waals surface area contributed by atoms with Crippen LogP contribution in [0.25, 0.3) is 55.3 Å². The molecule has 11 rings (SSSR count). The van der Waals surface area contributed by atoms with E-state index in [4.69, 9.17) is 0 Å². The number of nitrogens with zero attached hydrogens (tertiary/aromatic N) is 1. The predicted octanol–water partition coefficient (Wildman–Crippen LogP) is 15.7. The van der Waals surface area contributed by atoms with Crippen molar-refractivity contribution in [3.63, 3.8) is 0 Å². The van der Waals surface area contributed by atoms with Gasteiger partial charge in [0.05, 0.1) is 11.1 Å². The molecule has 0 fully saturated rings. The molecule has 0 spiro atoms. The fourth-order valence-corrected chi connectivity index (χ4v) is 9.72. The SMILES string of the molecule is c1ccc(-c2ccc(N(c3ccc(-c4ccccc4)cc3)c3cc4c(-c5ccccc5)cccc4c4c3-c3ccccc3C4(c3ccccc3)c3ccccc3)cc2)cc1. The molecule has 0 saturated carbocycles. The van der Waals surface area contributed by atoms with Gasteiger partial charge in [-0.3, -0.25) is 0 Å². The molecule has 282 valence electrons. The second-order valence-electron chi connectivity index (χ2n) is 15.6. The summed E-state index contributed by atoms with van der Waals surface area (Å²) in [6, 6.07) is 91.1. The highest BCUT2D eigenvalue weighted by molar-refractivity contribution is 6.11. The van der Waals surface area contributed by atoms with E-state index in [2.05, 4.69) is 254 Å². The molecule has 0 bridgehead atoms. The summed E-state index contributed by atoms with van der Waals surface area (Å²) in [5.41, 5.74) is 17.5. The summed E-state index contributed by atoms with van der Waals surface area (Å²) in [5.74, 6) is 0. The molecule has 1 aliphatic carbocycles. The van der Waals surface area contributed by atoms with Gasteiger partial charge < -0.3 is 4.90 Å². The van der Waals surface area contributed by atoms with Gasteiger partial charge in [-0.05, 0) is 102 Å². The van der Waals surface area contributed by atoms with Crippen LogP contribution in [0.4, 0.5) is 17.1 Å². The van der Waals surface area contributed by atoms with Crippen LogP contribution in [0.15, 0.2) is 249 Å². The number of rotatable bonds is 8. The lowest BCUT2D eigenvalue weighted by atomic mass is 9.66. The van der Waals surface area contributed by atoms with Crippen LogP contribution in [0.2, 0.25) is 0 Å². The van der Waals surface area contributed by atoms with E-state index in [9.17, 15) is 0 Å². The minimum absolute atomic E-state index is 0.599. The smallest absolute Gasteiger partial charge is 0.0720 e. The normalized spacial score (nSPS) is 12.5. The van der Waals surface area contributed by atoms with Gasteiger partial charge in [0.25, 0.3) is 0 Å². The molecule has 0 aliphatic heterocycles. The fourth-order valence-electron chi connectivity index (χ4n) is 9.72. The molecule has 0 N–H and O–H groups in total. The molecule has 0 heterocycles. The van der Waals surface area contributed by atoms with E-state index in [0.717, 1.165) is 17.1 Å². The monoisotopic (exact) mass is 763 g/mol. The first kappa shape index (κ1) is 35.4. The van der Waals surface area contributed by atoms with Crippen LogP contribution in [0.1, 0.15) is 22.3 Å². The van der Waals surface area contributed by atoms with Crippen LogP contribution >= 0.6 is 0 Å². The summed E-state index contributed by atoms with van der Waals surface area (Å²) >= 11 is 0. The summed E-state index contributed by atoms with van der Waals surface area (Å²) in [7, 11) is 0. The number of fused-ring (bicyclic) bond motifs is 5. The van der Waals surface area contributed by atoms with Gasteiger partial charge in [-0.1, -0.05) is 218 Å². The zero-order valence-electron chi connectivity index (χ0n) is 33.1. The van der Waals surface area contributed by atoms with Gasteiger partial charge >= 0.3 is 0 Å². The van der Waals surface area contributed by atoms with E-state index in [1.54, 1.807) is 0 Å². The molecule has 1 aliphatic rings. The zero-order chi connectivity index (χ0) is 39.9. The lowest BCUT2D eigenvalue weighted by Crippen LogP contribution is -2.29. The lowest BCUT2D eigenvalue weighted by molar-refractivity contribution is 0.775. The van der Waals surface area contributed by atoms with Crippen molar-refractivity contribution in [2.45, 2.75) is 5.41 Å². The lowest BCUT2D eigenvalue weighted by Gasteiger charge is -2.36. The van der Waals surface area contributed by atoms with Crippen LogP contribution in [-0.4, -0.2) is 0 Å². The second kappa shape index (κ2) is 14.9.